The number of hydrogen-bond donors (Lipinski definition) is 1. The van der Waals surface area contributed by atoms with Gasteiger partial charge in [0, 0.05) is 12.6 Å². The summed E-state index contributed by atoms with van der Waals surface area (Å²) in [5, 5.41) is 7.50. The Morgan fingerprint density at radius 2 is 2.00 bits per heavy atom. The molecule has 9 heteroatoms. The molecule has 0 radical (unpaired) electrons. The molecule has 0 saturated heterocycles. The highest BCUT2D eigenvalue weighted by molar-refractivity contribution is 7.89. The molecule has 0 aliphatic carbocycles. The zero-order chi connectivity index (χ0) is 14.9. The van der Waals surface area contributed by atoms with Gasteiger partial charge < -0.3 is 4.90 Å². The van der Waals surface area contributed by atoms with E-state index in [1.165, 1.54) is 12.1 Å². The van der Waals surface area contributed by atoms with Crippen LogP contribution in [0.3, 0.4) is 0 Å². The van der Waals surface area contributed by atoms with Crippen molar-refractivity contribution in [3.8, 4) is 0 Å². The second kappa shape index (κ2) is 5.65. The standard InChI is InChI=1S/C11H15ClN4O3S/c1-7(16(2)3)6-13-20(17,18)9-5-4-8(12)10-11(9)15-19-14-10/h4-5,7,13H,6H2,1-3H3. The largest absolute Gasteiger partial charge is 0.305 e. The van der Waals surface area contributed by atoms with Crippen LogP contribution in [0.2, 0.25) is 5.02 Å². The highest BCUT2D eigenvalue weighted by atomic mass is 35.5. The van der Waals surface area contributed by atoms with Gasteiger partial charge in [0.1, 0.15) is 4.90 Å². The summed E-state index contributed by atoms with van der Waals surface area (Å²) in [4.78, 5) is 1.92. The van der Waals surface area contributed by atoms with Crippen LogP contribution in [0, 0.1) is 0 Å². The average molecular weight is 319 g/mol. The number of fused-ring (bicyclic) bond motifs is 1. The molecule has 2 rings (SSSR count). The molecule has 1 unspecified atom stereocenters. The number of likely N-dealkylation sites (N-methyl/N-ethyl adjacent to an activating group) is 1. The average Bonchev–Trinajstić information content (AvgIpc) is 2.85. The lowest BCUT2D eigenvalue weighted by Gasteiger charge is -2.19. The van der Waals surface area contributed by atoms with E-state index in [-0.39, 0.29) is 28.5 Å². The van der Waals surface area contributed by atoms with Gasteiger partial charge in [-0.3, -0.25) is 0 Å². The summed E-state index contributed by atoms with van der Waals surface area (Å²) in [5.74, 6) is 0. The van der Waals surface area contributed by atoms with Crippen LogP contribution in [0.4, 0.5) is 0 Å². The Hall–Kier alpha value is -1.22. The van der Waals surface area contributed by atoms with Crippen LogP contribution in [0.1, 0.15) is 6.92 Å². The van der Waals surface area contributed by atoms with Crippen LogP contribution in [0.5, 0.6) is 0 Å². The first-order valence-electron chi connectivity index (χ1n) is 5.90. The number of sulfonamides is 1. The second-order valence-corrected chi connectivity index (χ2v) is 6.81. The number of aromatic nitrogens is 2. The lowest BCUT2D eigenvalue weighted by atomic mass is 10.3. The van der Waals surface area contributed by atoms with E-state index in [0.29, 0.717) is 5.02 Å². The van der Waals surface area contributed by atoms with Crippen molar-refractivity contribution in [2.45, 2.75) is 17.9 Å². The van der Waals surface area contributed by atoms with E-state index in [2.05, 4.69) is 19.7 Å². The zero-order valence-corrected chi connectivity index (χ0v) is 12.9. The Morgan fingerprint density at radius 3 is 2.65 bits per heavy atom. The summed E-state index contributed by atoms with van der Waals surface area (Å²) in [6.07, 6.45) is 0. The van der Waals surface area contributed by atoms with Crippen molar-refractivity contribution in [2.75, 3.05) is 20.6 Å². The molecule has 1 heterocycles. The molecule has 0 aliphatic rings. The summed E-state index contributed by atoms with van der Waals surface area (Å²) in [6.45, 7) is 2.20. The second-order valence-electron chi connectivity index (χ2n) is 4.67. The van der Waals surface area contributed by atoms with Crippen molar-refractivity contribution in [3.05, 3.63) is 17.2 Å². The molecule has 1 atom stereocenters. The molecule has 7 nitrogen and oxygen atoms in total. The quantitative estimate of drug-likeness (QED) is 0.888. The molecular weight excluding hydrogens is 304 g/mol. The molecule has 0 fully saturated rings. The number of nitrogens with one attached hydrogen (secondary N) is 1. The van der Waals surface area contributed by atoms with Crippen molar-refractivity contribution in [2.24, 2.45) is 0 Å². The third-order valence-corrected chi connectivity index (χ3v) is 4.83. The molecule has 0 aliphatic heterocycles. The van der Waals surface area contributed by atoms with E-state index in [4.69, 9.17) is 11.6 Å². The molecule has 0 saturated carbocycles. The van der Waals surface area contributed by atoms with Gasteiger partial charge in [-0.05, 0) is 43.5 Å². The van der Waals surface area contributed by atoms with Gasteiger partial charge in [-0.2, -0.15) is 0 Å². The highest BCUT2D eigenvalue weighted by Crippen LogP contribution is 2.26. The molecule has 0 spiro atoms. The Morgan fingerprint density at radius 1 is 1.35 bits per heavy atom. The smallest absolute Gasteiger partial charge is 0.242 e. The van der Waals surface area contributed by atoms with Crippen LogP contribution in [0.25, 0.3) is 11.0 Å². The number of rotatable bonds is 5. The lowest BCUT2D eigenvalue weighted by Crippen LogP contribution is -2.38. The maximum Gasteiger partial charge on any atom is 0.242 e. The van der Waals surface area contributed by atoms with Crippen LogP contribution in [0.15, 0.2) is 21.7 Å². The van der Waals surface area contributed by atoms with Gasteiger partial charge in [-0.1, -0.05) is 11.6 Å². The number of halogens is 1. The normalized spacial score (nSPS) is 14.1. The van der Waals surface area contributed by atoms with Gasteiger partial charge in [0.25, 0.3) is 0 Å². The molecule has 0 amide bonds. The van der Waals surface area contributed by atoms with Crippen molar-refractivity contribution in [1.29, 1.82) is 0 Å². The van der Waals surface area contributed by atoms with Crippen LogP contribution >= 0.6 is 11.6 Å². The molecule has 1 N–H and O–H groups in total. The maximum absolute atomic E-state index is 12.3. The Kier molecular flexibility index (Phi) is 4.28. The van der Waals surface area contributed by atoms with Crippen molar-refractivity contribution in [3.63, 3.8) is 0 Å². The summed E-state index contributed by atoms with van der Waals surface area (Å²) in [7, 11) is 0.0521. The van der Waals surface area contributed by atoms with Crippen molar-refractivity contribution < 1.29 is 13.0 Å². The first-order valence-corrected chi connectivity index (χ1v) is 7.76. The third-order valence-electron chi connectivity index (χ3n) is 3.07. The predicted octanol–water partition coefficient (Wildman–Crippen LogP) is 1.10. The van der Waals surface area contributed by atoms with Crippen molar-refractivity contribution >= 4 is 32.7 Å². The fraction of sp³-hybridized carbons (Fsp3) is 0.455. The van der Waals surface area contributed by atoms with Crippen molar-refractivity contribution in [1.82, 2.24) is 19.9 Å². The van der Waals surface area contributed by atoms with Gasteiger partial charge in [-0.25, -0.2) is 17.8 Å². The van der Waals surface area contributed by atoms with Gasteiger partial charge in [0.15, 0.2) is 11.0 Å². The maximum atomic E-state index is 12.3. The van der Waals surface area contributed by atoms with E-state index in [1.54, 1.807) is 0 Å². The van der Waals surface area contributed by atoms with Gasteiger partial charge in [0.2, 0.25) is 10.0 Å². The summed E-state index contributed by atoms with van der Waals surface area (Å²) in [6, 6.07) is 2.90. The minimum atomic E-state index is -3.70. The number of nitrogens with zero attached hydrogens (tertiary/aromatic N) is 3. The molecule has 0 bridgehead atoms. The minimum absolute atomic E-state index is 0.00380. The van der Waals surface area contributed by atoms with Crippen LogP contribution in [-0.4, -0.2) is 50.3 Å². The number of benzene rings is 1. The fourth-order valence-corrected chi connectivity index (χ4v) is 2.96. The van der Waals surface area contributed by atoms with E-state index < -0.39 is 10.0 Å². The van der Waals surface area contributed by atoms with E-state index >= 15 is 0 Å². The van der Waals surface area contributed by atoms with Gasteiger partial charge >= 0.3 is 0 Å². The first-order chi connectivity index (χ1) is 9.33. The molecular formula is C11H15ClN4O3S. The first kappa shape index (κ1) is 15.2. The molecule has 110 valence electrons. The molecule has 2 aromatic rings. The molecule has 1 aromatic carbocycles. The van der Waals surface area contributed by atoms with E-state index in [9.17, 15) is 8.42 Å². The lowest BCUT2D eigenvalue weighted by molar-refractivity contribution is 0.313. The topological polar surface area (TPSA) is 88.3 Å². The van der Waals surface area contributed by atoms with Gasteiger partial charge in [-0.15, -0.1) is 0 Å². The summed E-state index contributed by atoms with van der Waals surface area (Å²) >= 11 is 5.91. The highest BCUT2D eigenvalue weighted by Gasteiger charge is 2.22. The summed E-state index contributed by atoms with van der Waals surface area (Å²) in [5.41, 5.74) is 0.359. The minimum Gasteiger partial charge on any atom is -0.305 e. The van der Waals surface area contributed by atoms with E-state index in [0.717, 1.165) is 0 Å². The SMILES string of the molecule is CC(CNS(=O)(=O)c1ccc(Cl)c2nonc12)N(C)C. The molecule has 20 heavy (non-hydrogen) atoms. The van der Waals surface area contributed by atoms with Gasteiger partial charge in [0.05, 0.1) is 5.02 Å². The Bertz CT molecular complexity index is 714. The molecule has 1 aromatic heterocycles. The summed E-state index contributed by atoms with van der Waals surface area (Å²) < 4.78 is 31.7. The number of hydrogen-bond acceptors (Lipinski definition) is 6. The monoisotopic (exact) mass is 318 g/mol. The van der Waals surface area contributed by atoms with Crippen LogP contribution in [-0.2, 0) is 10.0 Å². The zero-order valence-electron chi connectivity index (χ0n) is 11.3. The Balaban J connectivity index is 2.33. The van der Waals surface area contributed by atoms with Crippen LogP contribution < -0.4 is 4.72 Å². The fourth-order valence-electron chi connectivity index (χ4n) is 1.52. The van der Waals surface area contributed by atoms with E-state index in [1.807, 2.05) is 25.9 Å². The Labute approximate surface area is 121 Å². The third kappa shape index (κ3) is 2.93. The predicted molar refractivity (Wildman–Crippen MR) is 75.2 cm³/mol.